The molecule has 0 aliphatic carbocycles. The molecule has 0 radical (unpaired) electrons. The topological polar surface area (TPSA) is 53.4 Å². The van der Waals surface area contributed by atoms with E-state index in [1.807, 2.05) is 0 Å². The molecule has 1 saturated heterocycles. The van der Waals surface area contributed by atoms with Gasteiger partial charge in [0.25, 0.3) is 5.92 Å². The Bertz CT molecular complexity index is 427. The Kier molecular flexibility index (Phi) is 2.95. The van der Waals surface area contributed by atoms with Gasteiger partial charge in [-0.1, -0.05) is 0 Å². The zero-order chi connectivity index (χ0) is 12.5. The molecule has 0 saturated carbocycles. The first kappa shape index (κ1) is 11.8. The standard InChI is InChI=1S/C11H12F2N2O2/c12-11(13)2-5-15(6-3-11)9-7-8(10(16)17)1-4-14-9/h1,4,7H,2-3,5-6H2,(H,16,17). The third-order valence-electron chi connectivity index (χ3n) is 2.81. The first-order valence-electron chi connectivity index (χ1n) is 5.30. The SMILES string of the molecule is O=C(O)c1ccnc(N2CCC(F)(F)CC2)c1. The number of nitrogens with zero attached hydrogens (tertiary/aromatic N) is 2. The summed E-state index contributed by atoms with van der Waals surface area (Å²) in [5.74, 6) is -3.21. The minimum absolute atomic E-state index is 0.118. The van der Waals surface area contributed by atoms with Crippen LogP contribution in [0.2, 0.25) is 0 Å². The molecule has 2 heterocycles. The zero-order valence-electron chi connectivity index (χ0n) is 9.07. The van der Waals surface area contributed by atoms with Gasteiger partial charge in [-0.3, -0.25) is 0 Å². The third kappa shape index (κ3) is 2.69. The lowest BCUT2D eigenvalue weighted by atomic mass is 10.1. The van der Waals surface area contributed by atoms with Crippen LogP contribution in [0, 0.1) is 0 Å². The number of piperidine rings is 1. The molecule has 1 aromatic rings. The highest BCUT2D eigenvalue weighted by Gasteiger charge is 2.34. The molecule has 6 heteroatoms. The van der Waals surface area contributed by atoms with Crippen molar-refractivity contribution in [3.63, 3.8) is 0 Å². The van der Waals surface area contributed by atoms with Crippen LogP contribution in [0.1, 0.15) is 23.2 Å². The molecule has 4 nitrogen and oxygen atoms in total. The molecule has 0 bridgehead atoms. The molecule has 2 rings (SSSR count). The van der Waals surface area contributed by atoms with E-state index in [9.17, 15) is 13.6 Å². The number of halogens is 2. The van der Waals surface area contributed by atoms with Crippen molar-refractivity contribution in [1.29, 1.82) is 0 Å². The van der Waals surface area contributed by atoms with E-state index >= 15 is 0 Å². The van der Waals surface area contributed by atoms with E-state index in [2.05, 4.69) is 4.98 Å². The van der Waals surface area contributed by atoms with Crippen LogP contribution in [-0.4, -0.2) is 35.1 Å². The minimum Gasteiger partial charge on any atom is -0.478 e. The Hall–Kier alpha value is -1.72. The second-order valence-corrected chi connectivity index (χ2v) is 4.05. The fraction of sp³-hybridized carbons (Fsp3) is 0.455. The Morgan fingerprint density at radius 2 is 2.06 bits per heavy atom. The van der Waals surface area contributed by atoms with Gasteiger partial charge >= 0.3 is 5.97 Å². The summed E-state index contributed by atoms with van der Waals surface area (Å²) in [4.78, 5) is 16.5. The minimum atomic E-state index is -2.61. The smallest absolute Gasteiger partial charge is 0.335 e. The lowest BCUT2D eigenvalue weighted by Gasteiger charge is -2.32. The molecule has 0 unspecified atom stereocenters. The van der Waals surface area contributed by atoms with Crippen LogP contribution in [-0.2, 0) is 0 Å². The van der Waals surface area contributed by atoms with E-state index in [1.54, 1.807) is 4.90 Å². The number of carboxylic acid groups (broad SMARTS) is 1. The summed E-state index contributed by atoms with van der Waals surface area (Å²) in [5.41, 5.74) is 0.118. The van der Waals surface area contributed by atoms with Crippen molar-refractivity contribution in [2.45, 2.75) is 18.8 Å². The van der Waals surface area contributed by atoms with E-state index < -0.39 is 11.9 Å². The number of aromatic nitrogens is 1. The molecule has 1 N–H and O–H groups in total. The number of hydrogen-bond donors (Lipinski definition) is 1. The maximum atomic E-state index is 13.0. The number of anilines is 1. The molecule has 1 aliphatic heterocycles. The number of alkyl halides is 2. The molecule has 0 amide bonds. The van der Waals surface area contributed by atoms with Crippen LogP contribution in [0.3, 0.4) is 0 Å². The maximum absolute atomic E-state index is 13.0. The summed E-state index contributed by atoms with van der Waals surface area (Å²) in [6, 6.07) is 2.79. The average Bonchev–Trinajstić information content (AvgIpc) is 2.29. The van der Waals surface area contributed by atoms with Gasteiger partial charge < -0.3 is 10.0 Å². The van der Waals surface area contributed by atoms with E-state index in [1.165, 1.54) is 18.3 Å². The predicted octanol–water partition coefficient (Wildman–Crippen LogP) is 2.02. The summed E-state index contributed by atoms with van der Waals surface area (Å²) in [7, 11) is 0. The summed E-state index contributed by atoms with van der Waals surface area (Å²) in [5, 5.41) is 8.82. The largest absolute Gasteiger partial charge is 0.478 e. The molecule has 92 valence electrons. The van der Waals surface area contributed by atoms with Crippen LogP contribution in [0.15, 0.2) is 18.3 Å². The van der Waals surface area contributed by atoms with Gasteiger partial charge in [-0.2, -0.15) is 0 Å². The third-order valence-corrected chi connectivity index (χ3v) is 2.81. The predicted molar refractivity (Wildman–Crippen MR) is 57.6 cm³/mol. The quantitative estimate of drug-likeness (QED) is 0.862. The molecular formula is C11H12F2N2O2. The summed E-state index contributed by atoms with van der Waals surface area (Å²) < 4.78 is 25.9. The lowest BCUT2D eigenvalue weighted by Crippen LogP contribution is -2.39. The molecule has 17 heavy (non-hydrogen) atoms. The van der Waals surface area contributed by atoms with Gasteiger partial charge in [0.15, 0.2) is 0 Å². The van der Waals surface area contributed by atoms with Gasteiger partial charge in [0.1, 0.15) is 5.82 Å². The Labute approximate surface area is 96.9 Å². The lowest BCUT2D eigenvalue weighted by molar-refractivity contribution is -0.0221. The van der Waals surface area contributed by atoms with Gasteiger partial charge in [0.2, 0.25) is 0 Å². The normalized spacial score (nSPS) is 19.1. The fourth-order valence-electron chi connectivity index (χ4n) is 1.79. The van der Waals surface area contributed by atoms with Gasteiger partial charge in [-0.15, -0.1) is 0 Å². The van der Waals surface area contributed by atoms with Crippen LogP contribution < -0.4 is 4.90 Å². The summed E-state index contributed by atoms with van der Waals surface area (Å²) in [6.45, 7) is 0.395. The molecule has 1 aromatic heterocycles. The van der Waals surface area contributed by atoms with E-state index in [4.69, 9.17) is 5.11 Å². The van der Waals surface area contributed by atoms with E-state index in [0.29, 0.717) is 5.82 Å². The van der Waals surface area contributed by atoms with Crippen LogP contribution in [0.4, 0.5) is 14.6 Å². The van der Waals surface area contributed by atoms with Crippen LogP contribution in [0.5, 0.6) is 0 Å². The molecule has 1 fully saturated rings. The van der Waals surface area contributed by atoms with Gasteiger partial charge in [0, 0.05) is 32.1 Å². The van der Waals surface area contributed by atoms with Gasteiger partial charge in [0.05, 0.1) is 5.56 Å². The molecule has 0 aromatic carbocycles. The monoisotopic (exact) mass is 242 g/mol. The first-order chi connectivity index (χ1) is 7.98. The van der Waals surface area contributed by atoms with Gasteiger partial charge in [-0.05, 0) is 12.1 Å². The highest BCUT2D eigenvalue weighted by atomic mass is 19.3. The highest BCUT2D eigenvalue weighted by Crippen LogP contribution is 2.29. The van der Waals surface area contributed by atoms with Crippen molar-refractivity contribution in [2.24, 2.45) is 0 Å². The van der Waals surface area contributed by atoms with E-state index in [0.717, 1.165) is 0 Å². The number of carbonyl (C=O) groups is 1. The van der Waals surface area contributed by atoms with Crippen molar-refractivity contribution < 1.29 is 18.7 Å². The number of pyridine rings is 1. The molecule has 0 spiro atoms. The van der Waals surface area contributed by atoms with Crippen molar-refractivity contribution in [3.8, 4) is 0 Å². The van der Waals surface area contributed by atoms with Crippen molar-refractivity contribution in [2.75, 3.05) is 18.0 Å². The van der Waals surface area contributed by atoms with Crippen molar-refractivity contribution in [1.82, 2.24) is 4.98 Å². The van der Waals surface area contributed by atoms with Crippen LogP contribution in [0.25, 0.3) is 0 Å². The number of hydrogen-bond acceptors (Lipinski definition) is 3. The first-order valence-corrected chi connectivity index (χ1v) is 5.30. The maximum Gasteiger partial charge on any atom is 0.335 e. The van der Waals surface area contributed by atoms with Crippen LogP contribution >= 0.6 is 0 Å². The zero-order valence-corrected chi connectivity index (χ0v) is 9.07. The van der Waals surface area contributed by atoms with E-state index in [-0.39, 0.29) is 31.5 Å². The second-order valence-electron chi connectivity index (χ2n) is 4.05. The number of carboxylic acids is 1. The summed E-state index contributed by atoms with van der Waals surface area (Å²) >= 11 is 0. The highest BCUT2D eigenvalue weighted by molar-refractivity contribution is 5.88. The molecular weight excluding hydrogens is 230 g/mol. The number of aromatic carboxylic acids is 1. The van der Waals surface area contributed by atoms with Gasteiger partial charge in [-0.25, -0.2) is 18.6 Å². The summed E-state index contributed by atoms with van der Waals surface area (Å²) in [6.07, 6.45) is 0.948. The molecule has 1 aliphatic rings. The fourth-order valence-corrected chi connectivity index (χ4v) is 1.79. The Balaban J connectivity index is 2.13. The second kappa shape index (κ2) is 4.27. The Morgan fingerprint density at radius 1 is 1.41 bits per heavy atom. The van der Waals surface area contributed by atoms with Crippen molar-refractivity contribution >= 4 is 11.8 Å². The number of rotatable bonds is 2. The van der Waals surface area contributed by atoms with Crippen molar-refractivity contribution in [3.05, 3.63) is 23.9 Å². The molecule has 0 atom stereocenters. The Morgan fingerprint density at radius 3 is 2.65 bits per heavy atom. The average molecular weight is 242 g/mol.